The molecule has 0 saturated carbocycles. The second-order valence-electron chi connectivity index (χ2n) is 6.34. The lowest BCUT2D eigenvalue weighted by atomic mass is 10.3. The smallest absolute Gasteiger partial charge is 0.265 e. The van der Waals surface area contributed by atoms with Gasteiger partial charge < -0.3 is 10.1 Å². The van der Waals surface area contributed by atoms with E-state index in [1.807, 2.05) is 0 Å². The van der Waals surface area contributed by atoms with Gasteiger partial charge in [-0.05, 0) is 68.3 Å². The summed E-state index contributed by atoms with van der Waals surface area (Å²) in [7, 11) is -3.48. The first-order valence-electron chi connectivity index (χ1n) is 8.69. The van der Waals surface area contributed by atoms with Crippen molar-refractivity contribution in [2.75, 3.05) is 18.4 Å². The number of nitrogens with one attached hydrogen (secondary N) is 1. The molecule has 0 unspecified atom stereocenters. The molecule has 0 spiro atoms. The van der Waals surface area contributed by atoms with E-state index in [9.17, 15) is 17.6 Å². The van der Waals surface area contributed by atoms with E-state index < -0.39 is 22.0 Å². The lowest BCUT2D eigenvalue weighted by Gasteiger charge is -2.17. The molecule has 0 radical (unpaired) electrons. The van der Waals surface area contributed by atoms with E-state index in [0.717, 1.165) is 12.8 Å². The van der Waals surface area contributed by atoms with Crippen LogP contribution in [0.1, 0.15) is 19.8 Å². The highest BCUT2D eigenvalue weighted by atomic mass is 32.2. The lowest BCUT2D eigenvalue weighted by molar-refractivity contribution is -0.122. The lowest BCUT2D eigenvalue weighted by Crippen LogP contribution is -2.30. The Labute approximate surface area is 158 Å². The largest absolute Gasteiger partial charge is 0.481 e. The Kier molecular flexibility index (Phi) is 5.76. The van der Waals surface area contributed by atoms with Gasteiger partial charge in [0.25, 0.3) is 5.91 Å². The third kappa shape index (κ3) is 4.64. The van der Waals surface area contributed by atoms with Crippen molar-refractivity contribution in [2.24, 2.45) is 0 Å². The van der Waals surface area contributed by atoms with Gasteiger partial charge in [0.05, 0.1) is 4.90 Å². The van der Waals surface area contributed by atoms with Gasteiger partial charge in [-0.15, -0.1) is 0 Å². The molecule has 0 aromatic heterocycles. The summed E-state index contributed by atoms with van der Waals surface area (Å²) in [5, 5.41) is 2.68. The molecule has 6 nitrogen and oxygen atoms in total. The van der Waals surface area contributed by atoms with E-state index in [2.05, 4.69) is 5.32 Å². The van der Waals surface area contributed by atoms with Crippen LogP contribution in [0.3, 0.4) is 0 Å². The summed E-state index contributed by atoms with van der Waals surface area (Å²) >= 11 is 0. The number of rotatable bonds is 6. The van der Waals surface area contributed by atoms with Crippen molar-refractivity contribution < 1.29 is 22.3 Å². The zero-order valence-electron chi connectivity index (χ0n) is 14.9. The van der Waals surface area contributed by atoms with Crippen LogP contribution in [0, 0.1) is 5.82 Å². The average molecular weight is 392 g/mol. The molecule has 1 fully saturated rings. The quantitative estimate of drug-likeness (QED) is 0.820. The number of benzene rings is 2. The van der Waals surface area contributed by atoms with Gasteiger partial charge in [-0.3, -0.25) is 4.79 Å². The summed E-state index contributed by atoms with van der Waals surface area (Å²) < 4.78 is 44.8. The number of hydrogen-bond acceptors (Lipinski definition) is 4. The Balaban J connectivity index is 1.61. The van der Waals surface area contributed by atoms with E-state index in [0.29, 0.717) is 24.5 Å². The number of hydrogen-bond donors (Lipinski definition) is 1. The van der Waals surface area contributed by atoms with E-state index in [4.69, 9.17) is 4.74 Å². The summed E-state index contributed by atoms with van der Waals surface area (Å²) in [5.41, 5.74) is 0.468. The average Bonchev–Trinajstić information content (AvgIpc) is 3.19. The third-order valence-corrected chi connectivity index (χ3v) is 6.23. The molecule has 144 valence electrons. The molecule has 8 heteroatoms. The molecule has 1 atom stereocenters. The zero-order valence-corrected chi connectivity index (χ0v) is 15.7. The SMILES string of the molecule is C[C@H](Oc1ccc(F)cc1)C(=O)Nc1ccc(S(=O)(=O)N2CCCC2)cc1. The van der Waals surface area contributed by atoms with Crippen LogP contribution in [-0.4, -0.2) is 37.8 Å². The number of amides is 1. The monoisotopic (exact) mass is 392 g/mol. The van der Waals surface area contributed by atoms with Crippen LogP contribution >= 0.6 is 0 Å². The standard InChI is InChI=1S/C19H21FN2O4S/c1-14(26-17-8-4-15(20)5-9-17)19(23)21-16-6-10-18(11-7-16)27(24,25)22-12-2-3-13-22/h4-11,14H,2-3,12-13H2,1H3,(H,21,23)/t14-/m0/s1. The fourth-order valence-electron chi connectivity index (χ4n) is 2.80. The fraction of sp³-hybridized carbons (Fsp3) is 0.316. The molecular weight excluding hydrogens is 371 g/mol. The Morgan fingerprint density at radius 3 is 2.26 bits per heavy atom. The predicted molar refractivity (Wildman–Crippen MR) is 99.6 cm³/mol. The summed E-state index contributed by atoms with van der Waals surface area (Å²) in [5.74, 6) is -0.399. The molecular formula is C19H21FN2O4S. The molecule has 2 aromatic carbocycles. The van der Waals surface area contributed by atoms with E-state index >= 15 is 0 Å². The highest BCUT2D eigenvalue weighted by Crippen LogP contribution is 2.22. The summed E-state index contributed by atoms with van der Waals surface area (Å²) in [6.07, 6.45) is 0.946. The van der Waals surface area contributed by atoms with Crippen molar-refractivity contribution >= 4 is 21.6 Å². The molecule has 1 aliphatic heterocycles. The van der Waals surface area contributed by atoms with Gasteiger partial charge in [0.1, 0.15) is 11.6 Å². The highest BCUT2D eigenvalue weighted by Gasteiger charge is 2.27. The maximum Gasteiger partial charge on any atom is 0.265 e. The van der Waals surface area contributed by atoms with E-state index in [1.54, 1.807) is 19.1 Å². The van der Waals surface area contributed by atoms with Crippen LogP contribution < -0.4 is 10.1 Å². The molecule has 1 N–H and O–H groups in total. The van der Waals surface area contributed by atoms with Crippen molar-refractivity contribution in [3.8, 4) is 5.75 Å². The molecule has 1 saturated heterocycles. The molecule has 0 aliphatic carbocycles. The van der Waals surface area contributed by atoms with E-state index in [-0.39, 0.29) is 10.7 Å². The minimum atomic E-state index is -3.48. The van der Waals surface area contributed by atoms with E-state index in [1.165, 1.54) is 40.7 Å². The van der Waals surface area contributed by atoms with Crippen molar-refractivity contribution in [2.45, 2.75) is 30.8 Å². The Morgan fingerprint density at radius 1 is 1.07 bits per heavy atom. The first kappa shape index (κ1) is 19.3. The number of ether oxygens (including phenoxy) is 1. The number of carbonyl (C=O) groups excluding carboxylic acids is 1. The van der Waals surface area contributed by atoms with Gasteiger partial charge in [0.2, 0.25) is 10.0 Å². The Hall–Kier alpha value is -2.45. The molecule has 27 heavy (non-hydrogen) atoms. The second kappa shape index (κ2) is 8.06. The van der Waals surface area contributed by atoms with Crippen molar-refractivity contribution in [1.29, 1.82) is 0 Å². The van der Waals surface area contributed by atoms with Crippen molar-refractivity contribution in [3.05, 3.63) is 54.3 Å². The third-order valence-electron chi connectivity index (χ3n) is 4.32. The molecule has 1 aliphatic rings. The van der Waals surface area contributed by atoms with Crippen LogP contribution in [0.4, 0.5) is 10.1 Å². The molecule has 3 rings (SSSR count). The predicted octanol–water partition coefficient (Wildman–Crippen LogP) is 3.02. The molecule has 2 aromatic rings. The Bertz CT molecular complexity index is 892. The molecule has 1 heterocycles. The van der Waals surface area contributed by atoms with Gasteiger partial charge in [0, 0.05) is 18.8 Å². The molecule has 0 bridgehead atoms. The van der Waals surface area contributed by atoms with Gasteiger partial charge in [-0.1, -0.05) is 0 Å². The Morgan fingerprint density at radius 2 is 1.67 bits per heavy atom. The van der Waals surface area contributed by atoms with Crippen molar-refractivity contribution in [3.63, 3.8) is 0 Å². The number of anilines is 1. The zero-order chi connectivity index (χ0) is 19.4. The minimum absolute atomic E-state index is 0.206. The van der Waals surface area contributed by atoms with Crippen molar-refractivity contribution in [1.82, 2.24) is 4.31 Å². The van der Waals surface area contributed by atoms with Crippen LogP contribution in [0.15, 0.2) is 53.4 Å². The van der Waals surface area contributed by atoms with Gasteiger partial charge >= 0.3 is 0 Å². The van der Waals surface area contributed by atoms with Gasteiger partial charge in [-0.25, -0.2) is 12.8 Å². The number of sulfonamides is 1. The van der Waals surface area contributed by atoms with Crippen LogP contribution in [0.25, 0.3) is 0 Å². The van der Waals surface area contributed by atoms with Gasteiger partial charge in [0.15, 0.2) is 6.10 Å². The maximum atomic E-state index is 12.9. The van der Waals surface area contributed by atoms with Crippen LogP contribution in [0.2, 0.25) is 0 Å². The van der Waals surface area contributed by atoms with Gasteiger partial charge in [-0.2, -0.15) is 4.31 Å². The van der Waals surface area contributed by atoms with Crippen LogP contribution in [-0.2, 0) is 14.8 Å². The fourth-order valence-corrected chi connectivity index (χ4v) is 4.32. The molecule has 1 amide bonds. The maximum absolute atomic E-state index is 12.9. The summed E-state index contributed by atoms with van der Waals surface area (Å²) in [4.78, 5) is 12.4. The topological polar surface area (TPSA) is 75.7 Å². The highest BCUT2D eigenvalue weighted by molar-refractivity contribution is 7.89. The summed E-state index contributed by atoms with van der Waals surface area (Å²) in [6, 6.07) is 11.4. The first-order valence-corrected chi connectivity index (χ1v) is 10.1. The number of halogens is 1. The van der Waals surface area contributed by atoms with Crippen LogP contribution in [0.5, 0.6) is 5.75 Å². The minimum Gasteiger partial charge on any atom is -0.481 e. The number of nitrogens with zero attached hydrogens (tertiary/aromatic N) is 1. The second-order valence-corrected chi connectivity index (χ2v) is 8.28. The number of carbonyl (C=O) groups is 1. The summed E-state index contributed by atoms with van der Waals surface area (Å²) in [6.45, 7) is 2.66. The first-order chi connectivity index (χ1) is 12.9. The normalized spacial score (nSPS) is 16.1.